The van der Waals surface area contributed by atoms with Crippen molar-refractivity contribution in [1.29, 1.82) is 0 Å². The number of benzene rings is 4. The van der Waals surface area contributed by atoms with Crippen LogP contribution in [0.4, 0.5) is 0 Å². The van der Waals surface area contributed by atoms with Gasteiger partial charge in [0.25, 0.3) is 0 Å². The SMILES string of the molecule is CSc1ccc2nc3c4ccccc4c4ccccc4c3nc2c1. The predicted molar refractivity (Wildman–Crippen MR) is 104 cm³/mol. The fourth-order valence-electron chi connectivity index (χ4n) is 3.39. The van der Waals surface area contributed by atoms with Gasteiger partial charge in [0, 0.05) is 15.7 Å². The van der Waals surface area contributed by atoms with Gasteiger partial charge < -0.3 is 0 Å². The van der Waals surface area contributed by atoms with Gasteiger partial charge in [-0.3, -0.25) is 0 Å². The first-order valence-corrected chi connectivity index (χ1v) is 9.12. The molecule has 1 heterocycles. The monoisotopic (exact) mass is 326 g/mol. The van der Waals surface area contributed by atoms with Gasteiger partial charge in [-0.1, -0.05) is 48.5 Å². The number of hydrogen-bond acceptors (Lipinski definition) is 3. The van der Waals surface area contributed by atoms with Gasteiger partial charge in [0.15, 0.2) is 0 Å². The Morgan fingerprint density at radius 1 is 0.625 bits per heavy atom. The van der Waals surface area contributed by atoms with Crippen LogP contribution in [0.2, 0.25) is 0 Å². The van der Waals surface area contributed by atoms with Gasteiger partial charge in [-0.05, 0) is 35.2 Å². The summed E-state index contributed by atoms with van der Waals surface area (Å²) in [5.41, 5.74) is 3.86. The van der Waals surface area contributed by atoms with Crippen LogP contribution in [0.25, 0.3) is 43.6 Å². The van der Waals surface area contributed by atoms with E-state index in [4.69, 9.17) is 9.97 Å². The Morgan fingerprint density at radius 2 is 1.17 bits per heavy atom. The van der Waals surface area contributed by atoms with Crippen LogP contribution in [0, 0.1) is 0 Å². The van der Waals surface area contributed by atoms with E-state index in [1.807, 2.05) is 0 Å². The topological polar surface area (TPSA) is 25.8 Å². The van der Waals surface area contributed by atoms with E-state index in [-0.39, 0.29) is 0 Å². The summed E-state index contributed by atoms with van der Waals surface area (Å²) in [6.07, 6.45) is 2.08. The Morgan fingerprint density at radius 3 is 1.75 bits per heavy atom. The first-order chi connectivity index (χ1) is 11.8. The summed E-state index contributed by atoms with van der Waals surface area (Å²) in [6, 6.07) is 23.2. The lowest BCUT2D eigenvalue weighted by Gasteiger charge is -2.10. The number of fused-ring (bicyclic) bond motifs is 7. The number of thioether (sulfide) groups is 1. The molecule has 2 nitrogen and oxygen atoms in total. The predicted octanol–water partition coefficient (Wildman–Crippen LogP) is 5.81. The van der Waals surface area contributed by atoms with Gasteiger partial charge in [0.2, 0.25) is 0 Å². The Hall–Kier alpha value is -2.65. The maximum absolute atomic E-state index is 4.99. The second kappa shape index (κ2) is 5.18. The van der Waals surface area contributed by atoms with Crippen LogP contribution in [-0.2, 0) is 0 Å². The first kappa shape index (κ1) is 13.8. The molecule has 0 fully saturated rings. The zero-order valence-electron chi connectivity index (χ0n) is 13.2. The molecular weight excluding hydrogens is 312 g/mol. The molecule has 0 bridgehead atoms. The second-order valence-electron chi connectivity index (χ2n) is 5.87. The van der Waals surface area contributed by atoms with E-state index in [0.29, 0.717) is 0 Å². The van der Waals surface area contributed by atoms with Gasteiger partial charge >= 0.3 is 0 Å². The van der Waals surface area contributed by atoms with Crippen LogP contribution >= 0.6 is 11.8 Å². The second-order valence-corrected chi connectivity index (χ2v) is 6.75. The van der Waals surface area contributed by atoms with Gasteiger partial charge in [-0.2, -0.15) is 0 Å². The third kappa shape index (κ3) is 1.91. The Balaban J connectivity index is 2.07. The van der Waals surface area contributed by atoms with E-state index < -0.39 is 0 Å². The minimum atomic E-state index is 0.945. The van der Waals surface area contributed by atoms with E-state index in [2.05, 4.69) is 73.0 Å². The lowest BCUT2D eigenvalue weighted by molar-refractivity contribution is 1.38. The number of rotatable bonds is 1. The molecule has 0 aliphatic carbocycles. The molecule has 0 saturated heterocycles. The zero-order chi connectivity index (χ0) is 16.1. The van der Waals surface area contributed by atoms with E-state index in [9.17, 15) is 0 Å². The molecule has 0 saturated carbocycles. The molecule has 5 rings (SSSR count). The van der Waals surface area contributed by atoms with Gasteiger partial charge in [0.1, 0.15) is 0 Å². The quantitative estimate of drug-likeness (QED) is 0.221. The van der Waals surface area contributed by atoms with Crippen molar-refractivity contribution in [3.63, 3.8) is 0 Å². The largest absolute Gasteiger partial charge is 0.244 e. The normalized spacial score (nSPS) is 11.7. The van der Waals surface area contributed by atoms with E-state index in [1.54, 1.807) is 11.8 Å². The number of nitrogens with zero attached hydrogens (tertiary/aromatic N) is 2. The molecule has 0 aliphatic rings. The molecule has 0 N–H and O–H groups in total. The number of aromatic nitrogens is 2. The summed E-state index contributed by atoms with van der Waals surface area (Å²) in [5, 5.41) is 4.79. The highest BCUT2D eigenvalue weighted by Gasteiger charge is 2.11. The molecule has 114 valence electrons. The van der Waals surface area contributed by atoms with E-state index in [0.717, 1.165) is 32.8 Å². The Labute approximate surface area is 143 Å². The fourth-order valence-corrected chi connectivity index (χ4v) is 3.82. The molecule has 3 heteroatoms. The smallest absolute Gasteiger partial charge is 0.0979 e. The molecule has 24 heavy (non-hydrogen) atoms. The lowest BCUT2D eigenvalue weighted by atomic mass is 9.99. The van der Waals surface area contributed by atoms with Crippen LogP contribution in [0.15, 0.2) is 71.6 Å². The van der Waals surface area contributed by atoms with Crippen LogP contribution in [0.1, 0.15) is 0 Å². The summed E-state index contributed by atoms with van der Waals surface area (Å²) in [5.74, 6) is 0. The van der Waals surface area contributed by atoms with E-state index >= 15 is 0 Å². The van der Waals surface area contributed by atoms with Crippen LogP contribution in [0.5, 0.6) is 0 Å². The summed E-state index contributed by atoms with van der Waals surface area (Å²) in [7, 11) is 0. The molecule has 0 radical (unpaired) electrons. The van der Waals surface area contributed by atoms with Crippen molar-refractivity contribution < 1.29 is 0 Å². The molecule has 0 aliphatic heterocycles. The van der Waals surface area contributed by atoms with Gasteiger partial charge in [-0.25, -0.2) is 9.97 Å². The Bertz CT molecular complexity index is 1240. The Kier molecular flexibility index (Phi) is 2.97. The van der Waals surface area contributed by atoms with Crippen molar-refractivity contribution >= 4 is 55.4 Å². The maximum Gasteiger partial charge on any atom is 0.0979 e. The summed E-state index contributed by atoms with van der Waals surface area (Å²) >= 11 is 1.73. The molecule has 5 aromatic rings. The molecular formula is C21H14N2S. The van der Waals surface area contributed by atoms with E-state index in [1.165, 1.54) is 15.7 Å². The molecule has 0 spiro atoms. The molecule has 1 aromatic heterocycles. The van der Waals surface area contributed by atoms with Crippen LogP contribution in [-0.4, -0.2) is 16.2 Å². The summed E-state index contributed by atoms with van der Waals surface area (Å²) in [6.45, 7) is 0. The fraction of sp³-hybridized carbons (Fsp3) is 0.0476. The van der Waals surface area contributed by atoms with Crippen molar-refractivity contribution in [2.24, 2.45) is 0 Å². The first-order valence-electron chi connectivity index (χ1n) is 7.90. The average molecular weight is 326 g/mol. The highest BCUT2D eigenvalue weighted by Crippen LogP contribution is 2.34. The highest BCUT2D eigenvalue weighted by atomic mass is 32.2. The summed E-state index contributed by atoms with van der Waals surface area (Å²) < 4.78 is 0. The minimum Gasteiger partial charge on any atom is -0.244 e. The maximum atomic E-state index is 4.99. The molecule has 0 atom stereocenters. The molecule has 0 unspecified atom stereocenters. The van der Waals surface area contributed by atoms with Crippen molar-refractivity contribution in [3.8, 4) is 0 Å². The van der Waals surface area contributed by atoms with Crippen LogP contribution in [0.3, 0.4) is 0 Å². The van der Waals surface area contributed by atoms with Gasteiger partial charge in [0.05, 0.1) is 22.1 Å². The average Bonchev–Trinajstić information content (AvgIpc) is 2.66. The molecule has 0 amide bonds. The standard InChI is InChI=1S/C21H14N2S/c1-24-13-10-11-18-19(12-13)23-21-17-9-5-3-7-15(17)14-6-2-4-8-16(14)20(21)22-18/h2-12H,1H3. The number of hydrogen-bond donors (Lipinski definition) is 0. The third-order valence-electron chi connectivity index (χ3n) is 4.53. The van der Waals surface area contributed by atoms with Crippen molar-refractivity contribution in [1.82, 2.24) is 9.97 Å². The van der Waals surface area contributed by atoms with Gasteiger partial charge in [-0.15, -0.1) is 11.8 Å². The van der Waals surface area contributed by atoms with Crippen LogP contribution < -0.4 is 0 Å². The van der Waals surface area contributed by atoms with Crippen molar-refractivity contribution in [2.45, 2.75) is 4.90 Å². The minimum absolute atomic E-state index is 0.945. The molecule has 4 aromatic carbocycles. The zero-order valence-corrected chi connectivity index (χ0v) is 14.0. The summed E-state index contributed by atoms with van der Waals surface area (Å²) in [4.78, 5) is 11.2. The van der Waals surface area contributed by atoms with Crippen molar-refractivity contribution in [2.75, 3.05) is 6.26 Å². The third-order valence-corrected chi connectivity index (χ3v) is 5.25. The highest BCUT2D eigenvalue weighted by molar-refractivity contribution is 7.98. The van der Waals surface area contributed by atoms with Crippen molar-refractivity contribution in [3.05, 3.63) is 66.7 Å². The lowest BCUT2D eigenvalue weighted by Crippen LogP contribution is -1.91.